The van der Waals surface area contributed by atoms with E-state index in [2.05, 4.69) is 30.3 Å². The second-order valence-electron chi connectivity index (χ2n) is 5.05. The van der Waals surface area contributed by atoms with Crippen LogP contribution in [0, 0.1) is 10.1 Å². The fourth-order valence-electron chi connectivity index (χ4n) is 0.990. The van der Waals surface area contributed by atoms with E-state index in [0.717, 1.165) is 18.1 Å². The monoisotopic (exact) mass is 337 g/mol. The number of aromatic nitrogens is 1. The Balaban J connectivity index is 0.000000626. The summed E-state index contributed by atoms with van der Waals surface area (Å²) in [5.41, 5.74) is -0.0287. The summed E-state index contributed by atoms with van der Waals surface area (Å²) in [6, 6.07) is 2.89. The van der Waals surface area contributed by atoms with Gasteiger partial charge in [0, 0.05) is 12.1 Å². The molecule has 0 aliphatic carbocycles. The quantitative estimate of drug-likeness (QED) is 0.236. The van der Waals surface area contributed by atoms with Crippen molar-refractivity contribution in [3.63, 3.8) is 0 Å². The molecule has 1 rings (SSSR count). The first-order valence-corrected chi connectivity index (χ1v) is 7.33. The molecule has 126 valence electrons. The Hall–Kier alpha value is -1.82. The van der Waals surface area contributed by atoms with Gasteiger partial charge in [-0.1, -0.05) is 0 Å². The van der Waals surface area contributed by atoms with Crippen LogP contribution in [0.4, 0.5) is 5.69 Å². The normalized spacial score (nSPS) is 11.3. The summed E-state index contributed by atoms with van der Waals surface area (Å²) < 4.78 is 37.2. The molecule has 10 nitrogen and oxygen atoms in total. The highest BCUT2D eigenvalue weighted by molar-refractivity contribution is 7.80. The van der Waals surface area contributed by atoms with Gasteiger partial charge < -0.3 is 13.8 Å². The lowest BCUT2D eigenvalue weighted by Crippen LogP contribution is -2.38. The van der Waals surface area contributed by atoms with E-state index in [4.69, 9.17) is 4.74 Å². The average molecular weight is 337 g/mol. The van der Waals surface area contributed by atoms with E-state index < -0.39 is 15.3 Å². The summed E-state index contributed by atoms with van der Waals surface area (Å²) in [5.74, 6) is 0.416. The predicted molar refractivity (Wildman–Crippen MR) is 76.0 cm³/mol. The number of likely N-dealkylation sites (N-methyl/N-ethyl adjacent to an activating group) is 1. The first-order valence-electron chi connectivity index (χ1n) is 6.00. The molecule has 0 unspecified atom stereocenters. The van der Waals surface area contributed by atoms with Gasteiger partial charge in [0.1, 0.15) is 19.3 Å². The molecule has 0 aliphatic rings. The lowest BCUT2D eigenvalue weighted by Gasteiger charge is -2.23. The van der Waals surface area contributed by atoms with Gasteiger partial charge in [-0.3, -0.25) is 14.3 Å². The van der Waals surface area contributed by atoms with Crippen LogP contribution in [0.5, 0.6) is 5.88 Å². The second-order valence-corrected chi connectivity index (χ2v) is 6.20. The maximum absolute atomic E-state index is 10.4. The topological polar surface area (TPSA) is 132 Å². The molecule has 22 heavy (non-hydrogen) atoms. The molecule has 0 aromatic carbocycles. The molecule has 0 atom stereocenters. The van der Waals surface area contributed by atoms with Crippen LogP contribution in [-0.2, 0) is 14.6 Å². The number of pyridine rings is 1. The molecule has 0 amide bonds. The zero-order valence-electron chi connectivity index (χ0n) is 12.8. The Labute approximate surface area is 129 Å². The number of hydrogen-bond donors (Lipinski definition) is 0. The maximum atomic E-state index is 10.4. The summed E-state index contributed by atoms with van der Waals surface area (Å²) in [5, 5.41) is 10.4. The van der Waals surface area contributed by atoms with Gasteiger partial charge >= 0.3 is 0 Å². The van der Waals surface area contributed by atoms with E-state index in [0.29, 0.717) is 12.5 Å². The van der Waals surface area contributed by atoms with E-state index >= 15 is 0 Å². The number of hydrogen-bond acceptors (Lipinski definition) is 8. The van der Waals surface area contributed by atoms with Gasteiger partial charge in [-0.25, -0.2) is 13.4 Å². The summed E-state index contributed by atoms with van der Waals surface area (Å²) in [6.45, 7) is 1.38. The van der Waals surface area contributed by atoms with E-state index in [1.165, 1.54) is 18.3 Å². The van der Waals surface area contributed by atoms with Crippen LogP contribution < -0.4 is 4.74 Å². The Bertz CT molecular complexity index is 566. The largest absolute Gasteiger partial charge is 0.726 e. The number of ether oxygens (including phenoxy) is 1. The van der Waals surface area contributed by atoms with Crippen molar-refractivity contribution >= 4 is 16.1 Å². The molecule has 1 aromatic rings. The molecule has 0 N–H and O–H groups in total. The van der Waals surface area contributed by atoms with Crippen molar-refractivity contribution in [2.45, 2.75) is 0 Å². The summed E-state index contributed by atoms with van der Waals surface area (Å²) in [7, 11) is 2.58. The van der Waals surface area contributed by atoms with Gasteiger partial charge in [-0.15, -0.1) is 0 Å². The fraction of sp³-hybridized carbons (Fsp3) is 0.545. The molecule has 0 saturated heterocycles. The zero-order valence-corrected chi connectivity index (χ0v) is 13.6. The number of nitro groups is 1. The standard InChI is InChI=1S/C10H16N3O3.CH4O4S/c1-13(2,3)6-7-16-10-5-4-9(8-11-10)12(14)15;1-5-6(2,3)4/h4-5,8H,6-7H2,1-3H3;1H3,(H,2,3,4)/q+1;/p-1. The Morgan fingerprint density at radius 3 is 2.18 bits per heavy atom. The zero-order chi connectivity index (χ0) is 17.4. The third-order valence-electron chi connectivity index (χ3n) is 2.15. The molecule has 11 heteroatoms. The fourth-order valence-corrected chi connectivity index (χ4v) is 0.990. The van der Waals surface area contributed by atoms with E-state index in [9.17, 15) is 23.1 Å². The van der Waals surface area contributed by atoms with Crippen LogP contribution in [0.25, 0.3) is 0 Å². The summed E-state index contributed by atoms with van der Waals surface area (Å²) in [4.78, 5) is 13.7. The minimum absolute atomic E-state index is 0.0287. The first-order chi connectivity index (χ1) is 9.94. The Morgan fingerprint density at radius 1 is 1.32 bits per heavy atom. The molecule has 0 aliphatic heterocycles. The van der Waals surface area contributed by atoms with Crippen LogP contribution in [0.1, 0.15) is 0 Å². The number of quaternary nitrogens is 1. The van der Waals surface area contributed by atoms with E-state index in [-0.39, 0.29) is 5.69 Å². The van der Waals surface area contributed by atoms with Gasteiger partial charge in [0.05, 0.1) is 33.2 Å². The van der Waals surface area contributed by atoms with Crippen molar-refractivity contribution < 1.29 is 31.3 Å². The van der Waals surface area contributed by atoms with Crippen molar-refractivity contribution in [1.29, 1.82) is 0 Å². The molecule has 0 bridgehead atoms. The molecular formula is C11H19N3O7S. The van der Waals surface area contributed by atoms with Crippen molar-refractivity contribution in [1.82, 2.24) is 4.98 Å². The SMILES string of the molecule is COS(=O)(=O)[O-].C[N+](C)(C)CCOc1ccc([N+](=O)[O-])cn1. The smallest absolute Gasteiger partial charge is 0.287 e. The van der Waals surface area contributed by atoms with Crippen LogP contribution in [-0.4, -0.2) is 68.8 Å². The van der Waals surface area contributed by atoms with Gasteiger partial charge in [0.25, 0.3) is 5.69 Å². The Morgan fingerprint density at radius 2 is 1.86 bits per heavy atom. The van der Waals surface area contributed by atoms with Crippen LogP contribution >= 0.6 is 0 Å². The highest BCUT2D eigenvalue weighted by Gasteiger charge is 2.08. The predicted octanol–water partition coefficient (Wildman–Crippen LogP) is 0.168. The van der Waals surface area contributed by atoms with Crippen molar-refractivity contribution in [3.05, 3.63) is 28.4 Å². The molecule has 1 aromatic heterocycles. The third kappa shape index (κ3) is 10.9. The molecule has 0 fully saturated rings. The van der Waals surface area contributed by atoms with Crippen LogP contribution in [0.15, 0.2) is 18.3 Å². The molecule has 0 saturated carbocycles. The number of nitrogens with zero attached hydrogens (tertiary/aromatic N) is 3. The number of rotatable bonds is 6. The van der Waals surface area contributed by atoms with Gasteiger partial charge in [-0.05, 0) is 0 Å². The van der Waals surface area contributed by atoms with Crippen molar-refractivity contribution in [2.75, 3.05) is 41.4 Å². The lowest BCUT2D eigenvalue weighted by atomic mass is 10.4. The van der Waals surface area contributed by atoms with E-state index in [1.54, 1.807) is 0 Å². The van der Waals surface area contributed by atoms with Gasteiger partial charge in [0.2, 0.25) is 16.3 Å². The van der Waals surface area contributed by atoms with E-state index in [1.807, 2.05) is 0 Å². The highest BCUT2D eigenvalue weighted by Crippen LogP contribution is 2.13. The van der Waals surface area contributed by atoms with Crippen LogP contribution in [0.2, 0.25) is 0 Å². The maximum Gasteiger partial charge on any atom is 0.287 e. The molecular weight excluding hydrogens is 318 g/mol. The molecule has 0 radical (unpaired) electrons. The highest BCUT2D eigenvalue weighted by atomic mass is 32.3. The molecule has 0 spiro atoms. The van der Waals surface area contributed by atoms with Crippen LogP contribution in [0.3, 0.4) is 0 Å². The van der Waals surface area contributed by atoms with Gasteiger partial charge in [0.15, 0.2) is 0 Å². The minimum atomic E-state index is -4.41. The summed E-state index contributed by atoms with van der Waals surface area (Å²) in [6.07, 6.45) is 1.20. The minimum Gasteiger partial charge on any atom is -0.726 e. The second kappa shape index (κ2) is 8.58. The average Bonchev–Trinajstić information content (AvgIpc) is 2.38. The van der Waals surface area contributed by atoms with Crippen molar-refractivity contribution in [3.8, 4) is 5.88 Å². The Kier molecular flexibility index (Phi) is 7.87. The third-order valence-corrected chi connectivity index (χ3v) is 2.56. The first kappa shape index (κ1) is 20.2. The molecule has 1 heterocycles. The van der Waals surface area contributed by atoms with Crippen molar-refractivity contribution in [2.24, 2.45) is 0 Å². The lowest BCUT2D eigenvalue weighted by molar-refractivity contribution is -0.870. The summed E-state index contributed by atoms with van der Waals surface area (Å²) >= 11 is 0. The van der Waals surface area contributed by atoms with Gasteiger partial charge in [-0.2, -0.15) is 0 Å².